The van der Waals surface area contributed by atoms with Crippen LogP contribution in [0.3, 0.4) is 0 Å². The van der Waals surface area contributed by atoms with E-state index in [0.717, 1.165) is 12.8 Å². The minimum atomic E-state index is -0.334. The van der Waals surface area contributed by atoms with Crippen LogP contribution < -0.4 is 0 Å². The lowest BCUT2D eigenvalue weighted by atomic mass is 9.69. The summed E-state index contributed by atoms with van der Waals surface area (Å²) in [4.78, 5) is 21.7. The van der Waals surface area contributed by atoms with Gasteiger partial charge in [0.15, 0.2) is 0 Å². The van der Waals surface area contributed by atoms with Gasteiger partial charge in [0.05, 0.1) is 19.3 Å². The first-order valence-electron chi connectivity index (χ1n) is 9.86. The fourth-order valence-corrected chi connectivity index (χ4v) is 5.95. The molecule has 4 aliphatic rings. The van der Waals surface area contributed by atoms with E-state index in [0.29, 0.717) is 30.8 Å². The Labute approximate surface area is 150 Å². The lowest BCUT2D eigenvalue weighted by molar-refractivity contribution is -0.273. The van der Waals surface area contributed by atoms with E-state index in [4.69, 9.17) is 9.57 Å². The number of aliphatic hydroxyl groups excluding tert-OH is 1. The molecular weight excluding hydrogens is 320 g/mol. The van der Waals surface area contributed by atoms with Crippen LogP contribution >= 0.6 is 0 Å². The number of aliphatic hydroxyl groups is 1. The highest BCUT2D eigenvalue weighted by Crippen LogP contribution is 2.55. The number of hydroxylamine groups is 2. The maximum absolute atomic E-state index is 13.3. The molecule has 1 aliphatic carbocycles. The van der Waals surface area contributed by atoms with Crippen LogP contribution in [0.25, 0.3) is 0 Å². The van der Waals surface area contributed by atoms with E-state index in [-0.39, 0.29) is 42.3 Å². The van der Waals surface area contributed by atoms with Gasteiger partial charge < -0.3 is 14.7 Å². The van der Waals surface area contributed by atoms with E-state index in [1.165, 1.54) is 6.42 Å². The van der Waals surface area contributed by atoms with Gasteiger partial charge >= 0.3 is 0 Å². The topological polar surface area (TPSA) is 62.2 Å². The fourth-order valence-electron chi connectivity index (χ4n) is 5.95. The second-order valence-corrected chi connectivity index (χ2v) is 8.96. The van der Waals surface area contributed by atoms with Gasteiger partial charge in [-0.2, -0.15) is 0 Å². The molecule has 1 amide bonds. The summed E-state index contributed by atoms with van der Waals surface area (Å²) in [6, 6.07) is -0.223. The highest BCUT2D eigenvalue weighted by molar-refractivity contribution is 5.85. The van der Waals surface area contributed by atoms with E-state index >= 15 is 0 Å². The number of hydrogen-bond donors (Lipinski definition) is 1. The third kappa shape index (κ3) is 2.41. The summed E-state index contributed by atoms with van der Waals surface area (Å²) in [5.41, 5.74) is -0.334. The number of nitrogens with zero attached hydrogens (tertiary/aromatic N) is 2. The van der Waals surface area contributed by atoms with Crippen LogP contribution in [0.15, 0.2) is 0 Å². The van der Waals surface area contributed by atoms with Crippen molar-refractivity contribution in [2.24, 2.45) is 23.7 Å². The van der Waals surface area contributed by atoms with Crippen LogP contribution in [0.5, 0.6) is 0 Å². The zero-order chi connectivity index (χ0) is 17.9. The largest absolute Gasteiger partial charge is 0.394 e. The zero-order valence-corrected chi connectivity index (χ0v) is 15.9. The third-order valence-electron chi connectivity index (χ3n) is 7.18. The van der Waals surface area contributed by atoms with Gasteiger partial charge in [-0.25, -0.2) is 0 Å². The summed E-state index contributed by atoms with van der Waals surface area (Å²) in [5.74, 6) is 1.79. The van der Waals surface area contributed by atoms with Crippen molar-refractivity contribution in [1.82, 2.24) is 9.96 Å². The lowest BCUT2D eigenvalue weighted by Gasteiger charge is -2.52. The zero-order valence-electron chi connectivity index (χ0n) is 15.9. The molecule has 0 bridgehead atoms. The third-order valence-corrected chi connectivity index (χ3v) is 7.18. The molecule has 0 aromatic carbocycles. The minimum absolute atomic E-state index is 0.0107. The van der Waals surface area contributed by atoms with E-state index in [9.17, 15) is 9.90 Å². The first kappa shape index (κ1) is 17.7. The van der Waals surface area contributed by atoms with Crippen LogP contribution in [0.4, 0.5) is 0 Å². The molecule has 6 heteroatoms. The molecule has 0 aromatic rings. The molecule has 4 fully saturated rings. The molecule has 3 aliphatic heterocycles. The first-order valence-corrected chi connectivity index (χ1v) is 9.86. The van der Waals surface area contributed by atoms with Crippen molar-refractivity contribution in [3.05, 3.63) is 0 Å². The highest BCUT2D eigenvalue weighted by atomic mass is 16.7. The Balaban J connectivity index is 1.71. The molecule has 25 heavy (non-hydrogen) atoms. The highest BCUT2D eigenvalue weighted by Gasteiger charge is 2.68. The van der Waals surface area contributed by atoms with Gasteiger partial charge in [0.1, 0.15) is 17.8 Å². The molecular formula is C19H32N2O4. The molecule has 1 spiro atoms. The Hall–Kier alpha value is -0.690. The summed E-state index contributed by atoms with van der Waals surface area (Å²) in [5, 5.41) is 11.6. The number of hydrogen-bond acceptors (Lipinski definition) is 5. The molecule has 0 aromatic heterocycles. The van der Waals surface area contributed by atoms with E-state index in [2.05, 4.69) is 25.8 Å². The predicted molar refractivity (Wildman–Crippen MR) is 92.3 cm³/mol. The summed E-state index contributed by atoms with van der Waals surface area (Å²) in [6.45, 7) is 7.30. The fraction of sp³-hybridized carbons (Fsp3) is 0.947. The minimum Gasteiger partial charge on any atom is -0.394 e. The van der Waals surface area contributed by atoms with Crippen molar-refractivity contribution < 1.29 is 19.5 Å². The van der Waals surface area contributed by atoms with Crippen molar-refractivity contribution in [2.75, 3.05) is 20.3 Å². The monoisotopic (exact) mass is 352 g/mol. The van der Waals surface area contributed by atoms with Gasteiger partial charge in [-0.3, -0.25) is 9.63 Å². The van der Waals surface area contributed by atoms with Gasteiger partial charge in [-0.1, -0.05) is 27.2 Å². The number of fused-ring (bicyclic) bond motifs is 4. The van der Waals surface area contributed by atoms with Crippen LogP contribution in [0.2, 0.25) is 0 Å². The van der Waals surface area contributed by atoms with Crippen LogP contribution in [0.1, 0.15) is 46.5 Å². The van der Waals surface area contributed by atoms with Crippen molar-refractivity contribution in [3.8, 4) is 0 Å². The molecule has 7 atom stereocenters. The average molecular weight is 352 g/mol. The molecule has 0 unspecified atom stereocenters. The molecule has 6 nitrogen and oxygen atoms in total. The maximum Gasteiger partial charge on any atom is 0.244 e. The summed E-state index contributed by atoms with van der Waals surface area (Å²) in [6.07, 6.45) is 3.78. The number of carbonyl (C=O) groups is 1. The predicted octanol–water partition coefficient (Wildman–Crippen LogP) is 1.63. The van der Waals surface area contributed by atoms with Crippen LogP contribution in [0, 0.1) is 23.7 Å². The summed E-state index contributed by atoms with van der Waals surface area (Å²) >= 11 is 0. The van der Waals surface area contributed by atoms with Crippen molar-refractivity contribution in [1.29, 1.82) is 0 Å². The average Bonchev–Trinajstić information content (AvgIpc) is 3.05. The molecule has 142 valence electrons. The summed E-state index contributed by atoms with van der Waals surface area (Å²) in [7, 11) is 1.97. The quantitative estimate of drug-likeness (QED) is 0.818. The standard InChI is InChI=1S/C19H32N2O4/c1-11(2)15-6-5-12(3)8-19(15)20(4)18(23)17-14-7-13(9-22)24-10-16(14)25-21(17)19/h11-17,22H,5-10H2,1-4H3/t12-,13-,14+,15+,16-,17+,19+/m1/s1. The van der Waals surface area contributed by atoms with Gasteiger partial charge in [-0.15, -0.1) is 5.06 Å². The van der Waals surface area contributed by atoms with Gasteiger partial charge in [-0.05, 0) is 31.1 Å². The van der Waals surface area contributed by atoms with Crippen LogP contribution in [-0.2, 0) is 14.4 Å². The van der Waals surface area contributed by atoms with Crippen molar-refractivity contribution >= 4 is 5.91 Å². The van der Waals surface area contributed by atoms with E-state index in [1.807, 2.05) is 11.9 Å². The Morgan fingerprint density at radius 2 is 2.12 bits per heavy atom. The SMILES string of the molecule is CC(C)[C@@H]1CC[C@@H](C)C[C@@]12N(C)C(=O)[C@@H]1[C@H]3C[C@H](CO)OC[C@H]3ON12. The molecule has 3 heterocycles. The normalized spacial score (nSPS) is 47.6. The Morgan fingerprint density at radius 3 is 2.80 bits per heavy atom. The number of carbonyl (C=O) groups excluding carboxylic acids is 1. The van der Waals surface area contributed by atoms with Gasteiger partial charge in [0.2, 0.25) is 5.91 Å². The van der Waals surface area contributed by atoms with Gasteiger partial charge in [0.25, 0.3) is 0 Å². The number of likely N-dealkylation sites (N-methyl/N-ethyl adjacent to an activating group) is 1. The molecule has 4 rings (SSSR count). The Bertz CT molecular complexity index is 542. The van der Waals surface area contributed by atoms with Crippen molar-refractivity contribution in [3.63, 3.8) is 0 Å². The van der Waals surface area contributed by atoms with E-state index in [1.54, 1.807) is 0 Å². The first-order chi connectivity index (χ1) is 11.9. The molecule has 1 saturated carbocycles. The molecule has 3 saturated heterocycles. The number of rotatable bonds is 2. The molecule has 0 radical (unpaired) electrons. The molecule has 1 N–H and O–H groups in total. The van der Waals surface area contributed by atoms with Gasteiger partial charge in [0, 0.05) is 18.9 Å². The van der Waals surface area contributed by atoms with Crippen molar-refractivity contribution in [2.45, 2.75) is 70.4 Å². The van der Waals surface area contributed by atoms with Crippen LogP contribution in [-0.4, -0.2) is 65.2 Å². The Morgan fingerprint density at radius 1 is 1.36 bits per heavy atom. The number of amides is 1. The maximum atomic E-state index is 13.3. The number of ether oxygens (including phenoxy) is 1. The second-order valence-electron chi connectivity index (χ2n) is 8.96. The Kier molecular flexibility index (Phi) is 4.38. The summed E-state index contributed by atoms with van der Waals surface area (Å²) < 4.78 is 5.71. The smallest absolute Gasteiger partial charge is 0.244 e. The van der Waals surface area contributed by atoms with E-state index < -0.39 is 0 Å². The second kappa shape index (κ2) is 6.19. The lowest BCUT2D eigenvalue weighted by Crippen LogP contribution is -2.61.